The lowest BCUT2D eigenvalue weighted by Gasteiger charge is -2.14. The Labute approximate surface area is 162 Å². The van der Waals surface area contributed by atoms with Crippen LogP contribution < -0.4 is 4.74 Å². The van der Waals surface area contributed by atoms with Crippen molar-refractivity contribution in [3.63, 3.8) is 0 Å². The smallest absolute Gasteiger partial charge is 0.261 e. The predicted octanol–water partition coefficient (Wildman–Crippen LogP) is 3.59. The SMILES string of the molecule is O=C(c1ccccc1)c1ccc(OCCN2C(=O)c3ccccc3C2=O)cc1. The lowest BCUT2D eigenvalue weighted by Crippen LogP contribution is -2.33. The Hall–Kier alpha value is -3.73. The maximum atomic E-state index is 12.4. The summed E-state index contributed by atoms with van der Waals surface area (Å²) in [5.41, 5.74) is 2.05. The van der Waals surface area contributed by atoms with Crippen molar-refractivity contribution in [1.82, 2.24) is 4.90 Å². The van der Waals surface area contributed by atoms with Gasteiger partial charge in [-0.3, -0.25) is 19.3 Å². The van der Waals surface area contributed by atoms with E-state index < -0.39 is 0 Å². The Balaban J connectivity index is 1.36. The zero-order valence-corrected chi connectivity index (χ0v) is 15.0. The molecule has 0 saturated carbocycles. The molecular formula is C23H17NO4. The fourth-order valence-electron chi connectivity index (χ4n) is 3.16. The molecule has 4 rings (SSSR count). The number of nitrogens with zero attached hydrogens (tertiary/aromatic N) is 1. The third kappa shape index (κ3) is 3.30. The van der Waals surface area contributed by atoms with Gasteiger partial charge in [0.05, 0.1) is 17.7 Å². The van der Waals surface area contributed by atoms with Gasteiger partial charge in [0.15, 0.2) is 5.78 Å². The van der Waals surface area contributed by atoms with E-state index in [4.69, 9.17) is 4.74 Å². The number of ether oxygens (including phenoxy) is 1. The maximum Gasteiger partial charge on any atom is 0.261 e. The highest BCUT2D eigenvalue weighted by Crippen LogP contribution is 2.22. The molecule has 1 heterocycles. The van der Waals surface area contributed by atoms with Gasteiger partial charge in [-0.05, 0) is 36.4 Å². The van der Waals surface area contributed by atoms with Gasteiger partial charge in [-0.2, -0.15) is 0 Å². The van der Waals surface area contributed by atoms with Crippen LogP contribution in [-0.4, -0.2) is 35.6 Å². The number of carbonyl (C=O) groups excluding carboxylic acids is 3. The minimum Gasteiger partial charge on any atom is -0.492 e. The van der Waals surface area contributed by atoms with E-state index in [-0.39, 0.29) is 30.7 Å². The van der Waals surface area contributed by atoms with Crippen molar-refractivity contribution in [3.8, 4) is 5.75 Å². The van der Waals surface area contributed by atoms with Gasteiger partial charge in [-0.25, -0.2) is 0 Å². The number of ketones is 1. The number of hydrogen-bond donors (Lipinski definition) is 0. The average Bonchev–Trinajstić information content (AvgIpc) is 2.99. The van der Waals surface area contributed by atoms with Crippen molar-refractivity contribution < 1.29 is 19.1 Å². The van der Waals surface area contributed by atoms with E-state index in [0.717, 1.165) is 0 Å². The summed E-state index contributed by atoms with van der Waals surface area (Å²) < 4.78 is 5.65. The minimum absolute atomic E-state index is 0.0572. The summed E-state index contributed by atoms with van der Waals surface area (Å²) in [5, 5.41) is 0. The first kappa shape index (κ1) is 17.7. The lowest BCUT2D eigenvalue weighted by atomic mass is 10.0. The topological polar surface area (TPSA) is 63.7 Å². The van der Waals surface area contributed by atoms with Gasteiger partial charge >= 0.3 is 0 Å². The molecule has 0 bridgehead atoms. The van der Waals surface area contributed by atoms with Crippen LogP contribution in [0.4, 0.5) is 0 Å². The summed E-state index contributed by atoms with van der Waals surface area (Å²) in [6.45, 7) is 0.342. The van der Waals surface area contributed by atoms with Crippen LogP contribution in [0.5, 0.6) is 5.75 Å². The molecule has 0 atom stereocenters. The van der Waals surface area contributed by atoms with Crippen molar-refractivity contribution >= 4 is 17.6 Å². The van der Waals surface area contributed by atoms with Crippen LogP contribution in [0.2, 0.25) is 0 Å². The van der Waals surface area contributed by atoms with E-state index in [1.807, 2.05) is 18.2 Å². The largest absolute Gasteiger partial charge is 0.492 e. The van der Waals surface area contributed by atoms with Crippen LogP contribution in [0, 0.1) is 0 Å². The molecule has 0 fully saturated rings. The molecule has 0 aromatic heterocycles. The summed E-state index contributed by atoms with van der Waals surface area (Å²) in [6.07, 6.45) is 0. The summed E-state index contributed by atoms with van der Waals surface area (Å²) >= 11 is 0. The molecule has 0 aliphatic carbocycles. The normalized spacial score (nSPS) is 12.8. The van der Waals surface area contributed by atoms with Crippen LogP contribution in [0.15, 0.2) is 78.9 Å². The summed E-state index contributed by atoms with van der Waals surface area (Å²) in [7, 11) is 0. The highest BCUT2D eigenvalue weighted by molar-refractivity contribution is 6.21. The fraction of sp³-hybridized carbons (Fsp3) is 0.0870. The number of amides is 2. The standard InChI is InChI=1S/C23H17NO4/c25-21(16-6-2-1-3-7-16)17-10-12-18(13-11-17)28-15-14-24-22(26)19-8-4-5-9-20(19)23(24)27/h1-13H,14-15H2. The Morgan fingerprint density at radius 1 is 0.714 bits per heavy atom. The zero-order valence-electron chi connectivity index (χ0n) is 15.0. The third-order valence-corrected chi connectivity index (χ3v) is 4.61. The van der Waals surface area contributed by atoms with Crippen LogP contribution in [0.1, 0.15) is 36.6 Å². The van der Waals surface area contributed by atoms with E-state index >= 15 is 0 Å². The van der Waals surface area contributed by atoms with Gasteiger partial charge in [0.25, 0.3) is 11.8 Å². The Morgan fingerprint density at radius 3 is 1.86 bits per heavy atom. The van der Waals surface area contributed by atoms with Crippen LogP contribution in [-0.2, 0) is 0 Å². The van der Waals surface area contributed by atoms with Gasteiger partial charge in [0, 0.05) is 11.1 Å². The van der Waals surface area contributed by atoms with Gasteiger partial charge < -0.3 is 4.74 Å². The van der Waals surface area contributed by atoms with Crippen molar-refractivity contribution in [3.05, 3.63) is 101 Å². The second-order valence-electron chi connectivity index (χ2n) is 6.38. The molecule has 1 aliphatic rings. The van der Waals surface area contributed by atoms with Gasteiger partial charge in [0.1, 0.15) is 12.4 Å². The number of benzene rings is 3. The predicted molar refractivity (Wildman–Crippen MR) is 104 cm³/mol. The van der Waals surface area contributed by atoms with Gasteiger partial charge in [-0.15, -0.1) is 0 Å². The molecular weight excluding hydrogens is 354 g/mol. The number of imide groups is 1. The maximum absolute atomic E-state index is 12.4. The molecule has 3 aromatic rings. The lowest BCUT2D eigenvalue weighted by molar-refractivity contribution is 0.0631. The number of carbonyl (C=O) groups is 3. The van der Waals surface area contributed by atoms with E-state index in [2.05, 4.69) is 0 Å². The highest BCUT2D eigenvalue weighted by Gasteiger charge is 2.34. The summed E-state index contributed by atoms with van der Waals surface area (Å²) in [6, 6.07) is 22.7. The summed E-state index contributed by atoms with van der Waals surface area (Å²) in [5.74, 6) is -0.0830. The quantitative estimate of drug-likeness (QED) is 0.491. The Morgan fingerprint density at radius 2 is 1.25 bits per heavy atom. The third-order valence-electron chi connectivity index (χ3n) is 4.61. The molecule has 0 N–H and O–H groups in total. The number of fused-ring (bicyclic) bond motifs is 1. The molecule has 2 amide bonds. The molecule has 1 aliphatic heterocycles. The van der Waals surface area contributed by atoms with Crippen molar-refractivity contribution in [1.29, 1.82) is 0 Å². The Kier molecular flexibility index (Phi) is 4.72. The molecule has 0 radical (unpaired) electrons. The second kappa shape index (κ2) is 7.48. The van der Waals surface area contributed by atoms with Crippen molar-refractivity contribution in [2.24, 2.45) is 0 Å². The molecule has 138 valence electrons. The van der Waals surface area contributed by atoms with Crippen LogP contribution in [0.25, 0.3) is 0 Å². The van der Waals surface area contributed by atoms with E-state index in [1.165, 1.54) is 4.90 Å². The highest BCUT2D eigenvalue weighted by atomic mass is 16.5. The number of hydrogen-bond acceptors (Lipinski definition) is 4. The van der Waals surface area contributed by atoms with Gasteiger partial charge in [0.2, 0.25) is 0 Å². The molecule has 5 heteroatoms. The molecule has 0 unspecified atom stereocenters. The number of rotatable bonds is 6. The molecule has 0 saturated heterocycles. The van der Waals surface area contributed by atoms with Crippen LogP contribution in [0.3, 0.4) is 0 Å². The van der Waals surface area contributed by atoms with Gasteiger partial charge in [-0.1, -0.05) is 42.5 Å². The monoisotopic (exact) mass is 371 g/mol. The van der Waals surface area contributed by atoms with E-state index in [0.29, 0.717) is 28.0 Å². The van der Waals surface area contributed by atoms with E-state index in [1.54, 1.807) is 60.7 Å². The van der Waals surface area contributed by atoms with Crippen LogP contribution >= 0.6 is 0 Å². The van der Waals surface area contributed by atoms with Crippen molar-refractivity contribution in [2.45, 2.75) is 0 Å². The first-order chi connectivity index (χ1) is 13.6. The molecule has 28 heavy (non-hydrogen) atoms. The van der Waals surface area contributed by atoms with Crippen molar-refractivity contribution in [2.75, 3.05) is 13.2 Å². The average molecular weight is 371 g/mol. The fourth-order valence-corrected chi connectivity index (χ4v) is 3.16. The molecule has 0 spiro atoms. The first-order valence-electron chi connectivity index (χ1n) is 8.93. The van der Waals surface area contributed by atoms with E-state index in [9.17, 15) is 14.4 Å². The summed E-state index contributed by atoms with van der Waals surface area (Å²) in [4.78, 5) is 38.2. The second-order valence-corrected chi connectivity index (χ2v) is 6.38. The molecule has 5 nitrogen and oxygen atoms in total. The molecule has 3 aromatic carbocycles. The minimum atomic E-state index is -0.298. The first-order valence-corrected chi connectivity index (χ1v) is 8.93. The zero-order chi connectivity index (χ0) is 19.5. The Bertz CT molecular complexity index is 1010.